The highest BCUT2D eigenvalue weighted by Crippen LogP contribution is 2.28. The summed E-state index contributed by atoms with van der Waals surface area (Å²) in [4.78, 5) is 23.5. The summed E-state index contributed by atoms with van der Waals surface area (Å²) in [6.07, 6.45) is 1.49. The highest BCUT2D eigenvalue weighted by atomic mass is 16.5. The van der Waals surface area contributed by atoms with Crippen LogP contribution in [-0.4, -0.2) is 31.2 Å². The number of nitrogens with zero attached hydrogens (tertiary/aromatic N) is 1. The number of rotatable bonds is 11. The van der Waals surface area contributed by atoms with Gasteiger partial charge >= 0.3 is 0 Å². The predicted octanol–water partition coefficient (Wildman–Crippen LogP) is 4.45. The molecule has 0 aromatic heterocycles. The zero-order chi connectivity index (χ0) is 26.0. The SMILES string of the molecule is CCOc1cc(/C=N\NC(=O)c2ccc(OCc3cccc4ccccc34)cc2)ccc1OCC(N)=O. The van der Waals surface area contributed by atoms with Gasteiger partial charge in [0.05, 0.1) is 12.8 Å². The van der Waals surface area contributed by atoms with Gasteiger partial charge in [-0.2, -0.15) is 5.10 Å². The van der Waals surface area contributed by atoms with Gasteiger partial charge in [0.2, 0.25) is 0 Å². The molecule has 188 valence electrons. The number of hydrogen-bond acceptors (Lipinski definition) is 6. The highest BCUT2D eigenvalue weighted by molar-refractivity contribution is 5.95. The molecule has 4 aromatic carbocycles. The lowest BCUT2D eigenvalue weighted by Gasteiger charge is -2.11. The molecule has 0 unspecified atom stereocenters. The maximum absolute atomic E-state index is 12.5. The fraction of sp³-hybridized carbons (Fsp3) is 0.138. The fourth-order valence-electron chi connectivity index (χ4n) is 3.65. The molecule has 0 spiro atoms. The zero-order valence-electron chi connectivity index (χ0n) is 20.3. The van der Waals surface area contributed by atoms with E-state index in [0.29, 0.717) is 41.6 Å². The molecule has 0 radical (unpaired) electrons. The number of hydrazone groups is 1. The van der Waals surface area contributed by atoms with Gasteiger partial charge in [-0.15, -0.1) is 0 Å². The molecule has 0 atom stereocenters. The second-order valence-electron chi connectivity index (χ2n) is 8.04. The van der Waals surface area contributed by atoms with E-state index in [-0.39, 0.29) is 12.5 Å². The van der Waals surface area contributed by atoms with Crippen molar-refractivity contribution in [2.45, 2.75) is 13.5 Å². The molecule has 0 aliphatic carbocycles. The number of benzene rings is 4. The minimum Gasteiger partial charge on any atom is -0.490 e. The lowest BCUT2D eigenvalue weighted by Crippen LogP contribution is -2.20. The standard InChI is InChI=1S/C29H27N3O5/c1-2-35-27-16-20(10-15-26(27)37-19-28(30)33)17-31-32-29(34)22-11-13-24(14-12-22)36-18-23-8-5-7-21-6-3-4-9-25(21)23/h3-17H,2,18-19H2,1H3,(H2,30,33)(H,32,34)/b31-17-. The molecule has 37 heavy (non-hydrogen) atoms. The van der Waals surface area contributed by atoms with Crippen LogP contribution >= 0.6 is 0 Å². The Morgan fingerprint density at radius 1 is 0.892 bits per heavy atom. The Hall–Kier alpha value is -4.85. The topological polar surface area (TPSA) is 112 Å². The van der Waals surface area contributed by atoms with Gasteiger partial charge in [0.25, 0.3) is 11.8 Å². The van der Waals surface area contributed by atoms with Crippen LogP contribution in [0.4, 0.5) is 0 Å². The van der Waals surface area contributed by atoms with E-state index in [4.69, 9.17) is 19.9 Å². The van der Waals surface area contributed by atoms with Crippen LogP contribution in [0.25, 0.3) is 10.8 Å². The number of ether oxygens (including phenoxy) is 3. The number of carbonyl (C=O) groups is 2. The third-order valence-electron chi connectivity index (χ3n) is 5.41. The van der Waals surface area contributed by atoms with Gasteiger partial charge < -0.3 is 19.9 Å². The average Bonchev–Trinajstić information content (AvgIpc) is 2.91. The maximum atomic E-state index is 12.5. The van der Waals surface area contributed by atoms with Crippen LogP contribution < -0.4 is 25.4 Å². The summed E-state index contributed by atoms with van der Waals surface area (Å²) in [5, 5.41) is 6.34. The first-order chi connectivity index (χ1) is 18.0. The largest absolute Gasteiger partial charge is 0.490 e. The van der Waals surface area contributed by atoms with Gasteiger partial charge in [0.15, 0.2) is 18.1 Å². The van der Waals surface area contributed by atoms with Crippen molar-refractivity contribution in [1.82, 2.24) is 5.43 Å². The number of amides is 2. The molecule has 4 rings (SSSR count). The first kappa shape index (κ1) is 25.2. The summed E-state index contributed by atoms with van der Waals surface area (Å²) in [6, 6.07) is 26.2. The van der Waals surface area contributed by atoms with Crippen LogP contribution in [0, 0.1) is 0 Å². The zero-order valence-corrected chi connectivity index (χ0v) is 20.3. The normalized spacial score (nSPS) is 10.8. The first-order valence-corrected chi connectivity index (χ1v) is 11.7. The summed E-state index contributed by atoms with van der Waals surface area (Å²) in [6.45, 7) is 2.41. The Labute approximate surface area is 214 Å². The summed E-state index contributed by atoms with van der Waals surface area (Å²) in [5.74, 6) is 0.557. The van der Waals surface area contributed by atoms with Crippen molar-refractivity contribution in [3.63, 3.8) is 0 Å². The van der Waals surface area contributed by atoms with Crippen molar-refractivity contribution in [3.8, 4) is 17.2 Å². The van der Waals surface area contributed by atoms with E-state index in [1.807, 2.05) is 31.2 Å². The van der Waals surface area contributed by atoms with E-state index in [9.17, 15) is 9.59 Å². The van der Waals surface area contributed by atoms with E-state index in [2.05, 4.69) is 28.7 Å². The smallest absolute Gasteiger partial charge is 0.271 e. The summed E-state index contributed by atoms with van der Waals surface area (Å²) in [5.41, 5.74) is 9.85. The predicted molar refractivity (Wildman–Crippen MR) is 142 cm³/mol. The number of hydrogen-bond donors (Lipinski definition) is 2. The lowest BCUT2D eigenvalue weighted by molar-refractivity contribution is -0.119. The molecule has 0 saturated heterocycles. The van der Waals surface area contributed by atoms with Crippen molar-refractivity contribution < 1.29 is 23.8 Å². The highest BCUT2D eigenvalue weighted by Gasteiger charge is 2.09. The molecule has 8 heteroatoms. The Bertz CT molecular complexity index is 1410. The number of primary amides is 1. The lowest BCUT2D eigenvalue weighted by atomic mass is 10.1. The van der Waals surface area contributed by atoms with Crippen LogP contribution in [0.1, 0.15) is 28.4 Å². The van der Waals surface area contributed by atoms with Gasteiger partial charge in [-0.25, -0.2) is 5.43 Å². The van der Waals surface area contributed by atoms with Gasteiger partial charge in [-0.3, -0.25) is 9.59 Å². The second-order valence-corrected chi connectivity index (χ2v) is 8.04. The molecule has 0 heterocycles. The molecular formula is C29H27N3O5. The third-order valence-corrected chi connectivity index (χ3v) is 5.41. The molecular weight excluding hydrogens is 470 g/mol. The van der Waals surface area contributed by atoms with Crippen LogP contribution in [0.3, 0.4) is 0 Å². The van der Waals surface area contributed by atoms with Crippen LogP contribution in [0.5, 0.6) is 17.2 Å². The van der Waals surface area contributed by atoms with Crippen LogP contribution in [-0.2, 0) is 11.4 Å². The van der Waals surface area contributed by atoms with Crippen LogP contribution in [0.2, 0.25) is 0 Å². The van der Waals surface area contributed by atoms with Crippen molar-refractivity contribution in [2.75, 3.05) is 13.2 Å². The Balaban J connectivity index is 1.33. The van der Waals surface area contributed by atoms with Gasteiger partial charge in [-0.1, -0.05) is 42.5 Å². The quantitative estimate of drug-likeness (QED) is 0.235. The van der Waals surface area contributed by atoms with Crippen molar-refractivity contribution in [1.29, 1.82) is 0 Å². The second kappa shape index (κ2) is 12.2. The molecule has 2 amide bonds. The van der Waals surface area contributed by atoms with E-state index in [1.165, 1.54) is 6.21 Å². The molecule has 0 aliphatic rings. The molecule has 0 fully saturated rings. The molecule has 4 aromatic rings. The van der Waals surface area contributed by atoms with E-state index in [0.717, 1.165) is 16.3 Å². The molecule has 8 nitrogen and oxygen atoms in total. The fourth-order valence-corrected chi connectivity index (χ4v) is 3.65. The van der Waals surface area contributed by atoms with E-state index in [1.54, 1.807) is 42.5 Å². The minimum atomic E-state index is -0.583. The van der Waals surface area contributed by atoms with Gasteiger partial charge in [0.1, 0.15) is 12.4 Å². The van der Waals surface area contributed by atoms with Crippen molar-refractivity contribution in [3.05, 3.63) is 102 Å². The maximum Gasteiger partial charge on any atom is 0.271 e. The molecule has 0 saturated carbocycles. The number of fused-ring (bicyclic) bond motifs is 1. The Kier molecular flexibility index (Phi) is 8.33. The van der Waals surface area contributed by atoms with E-state index < -0.39 is 5.91 Å². The Morgan fingerprint density at radius 2 is 1.68 bits per heavy atom. The van der Waals surface area contributed by atoms with Gasteiger partial charge in [-0.05, 0) is 71.3 Å². The monoisotopic (exact) mass is 497 g/mol. The van der Waals surface area contributed by atoms with Crippen LogP contribution in [0.15, 0.2) is 90.0 Å². The summed E-state index contributed by atoms with van der Waals surface area (Å²) >= 11 is 0. The summed E-state index contributed by atoms with van der Waals surface area (Å²) in [7, 11) is 0. The third kappa shape index (κ3) is 6.85. The van der Waals surface area contributed by atoms with Gasteiger partial charge in [0, 0.05) is 5.56 Å². The van der Waals surface area contributed by atoms with Crippen molar-refractivity contribution in [2.24, 2.45) is 10.8 Å². The minimum absolute atomic E-state index is 0.253. The first-order valence-electron chi connectivity index (χ1n) is 11.7. The number of nitrogens with two attached hydrogens (primary N) is 1. The summed E-state index contributed by atoms with van der Waals surface area (Å²) < 4.78 is 16.8. The van der Waals surface area contributed by atoms with Crippen molar-refractivity contribution >= 4 is 28.8 Å². The molecule has 0 bridgehead atoms. The average molecular weight is 498 g/mol. The number of carbonyl (C=O) groups excluding carboxylic acids is 2. The molecule has 0 aliphatic heterocycles. The Morgan fingerprint density at radius 3 is 2.46 bits per heavy atom. The molecule has 3 N–H and O–H groups in total. The number of nitrogens with one attached hydrogen (secondary N) is 1. The van der Waals surface area contributed by atoms with E-state index >= 15 is 0 Å².